The van der Waals surface area contributed by atoms with Gasteiger partial charge in [0.05, 0.1) is 23.2 Å². The summed E-state index contributed by atoms with van der Waals surface area (Å²) >= 11 is 0. The molecule has 0 radical (unpaired) electrons. The summed E-state index contributed by atoms with van der Waals surface area (Å²) in [4.78, 5) is 11.9. The van der Waals surface area contributed by atoms with Gasteiger partial charge in [-0.25, -0.2) is 9.18 Å². The fraction of sp³-hybridized carbons (Fsp3) is 0.600. The molecule has 1 N–H and O–H groups in total. The average Bonchev–Trinajstić information content (AvgIpc) is 3.26. The van der Waals surface area contributed by atoms with Crippen molar-refractivity contribution in [2.24, 2.45) is 5.92 Å². The van der Waals surface area contributed by atoms with E-state index < -0.39 is 22.8 Å². The molecule has 2 aliphatic carbocycles. The van der Waals surface area contributed by atoms with Gasteiger partial charge >= 0.3 is 5.97 Å². The summed E-state index contributed by atoms with van der Waals surface area (Å²) in [5.41, 5.74) is -0.425. The molecule has 0 spiro atoms. The smallest absolute Gasteiger partial charge is 0.337 e. The third kappa shape index (κ3) is 4.62. The van der Waals surface area contributed by atoms with Crippen LogP contribution in [0, 0.1) is 23.1 Å². The highest BCUT2D eigenvalue weighted by Gasteiger charge is 2.47. The van der Waals surface area contributed by atoms with Gasteiger partial charge in [0, 0.05) is 25.8 Å². The lowest BCUT2D eigenvalue weighted by Gasteiger charge is -2.38. The molecule has 0 saturated heterocycles. The maximum absolute atomic E-state index is 14.7. The van der Waals surface area contributed by atoms with Crippen molar-refractivity contribution in [2.45, 2.75) is 88.4 Å². The van der Waals surface area contributed by atoms with E-state index in [-0.39, 0.29) is 18.2 Å². The number of aryl methyl sites for hydroxylation is 1. The van der Waals surface area contributed by atoms with Crippen molar-refractivity contribution in [1.82, 2.24) is 0 Å². The van der Waals surface area contributed by atoms with Crippen LogP contribution in [0.15, 0.2) is 30.0 Å². The standard InChI is InChI=1S/C25H30FNO4/c1-23(2)30-19(14-22(28)31-23)15-25(29,18-5-3-4-6-18)10-9-17-7-8-20(21(26)13-17)24(16-27)11-12-24/h7-8,13-14,18,29H,3-6,9-12,15H2,1-2H3. The number of nitrogens with zero attached hydrogens (tertiary/aromatic N) is 1. The highest BCUT2D eigenvalue weighted by Crippen LogP contribution is 2.48. The van der Waals surface area contributed by atoms with Gasteiger partial charge < -0.3 is 14.6 Å². The number of hydrogen-bond acceptors (Lipinski definition) is 5. The molecule has 31 heavy (non-hydrogen) atoms. The summed E-state index contributed by atoms with van der Waals surface area (Å²) in [7, 11) is 0. The van der Waals surface area contributed by atoms with Gasteiger partial charge in [-0.15, -0.1) is 0 Å². The quantitative estimate of drug-likeness (QED) is 0.631. The molecule has 0 bridgehead atoms. The number of carbonyl (C=O) groups is 1. The van der Waals surface area contributed by atoms with E-state index in [1.165, 1.54) is 12.1 Å². The molecule has 1 aliphatic heterocycles. The molecular formula is C25H30FNO4. The molecule has 1 heterocycles. The highest BCUT2D eigenvalue weighted by atomic mass is 19.1. The minimum atomic E-state index is -1.06. The van der Waals surface area contributed by atoms with Crippen LogP contribution in [0.25, 0.3) is 0 Å². The molecule has 4 rings (SSSR count). The molecule has 166 valence electrons. The van der Waals surface area contributed by atoms with Crippen molar-refractivity contribution in [3.63, 3.8) is 0 Å². The number of cyclic esters (lactones) is 1. The maximum Gasteiger partial charge on any atom is 0.337 e. The van der Waals surface area contributed by atoms with Crippen molar-refractivity contribution in [3.8, 4) is 6.07 Å². The molecule has 0 aromatic heterocycles. The molecule has 5 nitrogen and oxygen atoms in total. The molecule has 1 aromatic carbocycles. The van der Waals surface area contributed by atoms with Gasteiger partial charge in [-0.05, 0) is 56.1 Å². The third-order valence-electron chi connectivity index (χ3n) is 6.96. The topological polar surface area (TPSA) is 79.5 Å². The van der Waals surface area contributed by atoms with Crippen LogP contribution in [0.3, 0.4) is 0 Å². The van der Waals surface area contributed by atoms with E-state index in [9.17, 15) is 19.6 Å². The molecule has 6 heteroatoms. The molecule has 0 amide bonds. The molecule has 1 atom stereocenters. The van der Waals surface area contributed by atoms with Gasteiger partial charge in [0.2, 0.25) is 5.79 Å². The Morgan fingerprint density at radius 3 is 2.55 bits per heavy atom. The fourth-order valence-electron chi connectivity index (χ4n) is 5.09. The number of halogens is 1. The van der Waals surface area contributed by atoms with Gasteiger partial charge in [0.15, 0.2) is 0 Å². The van der Waals surface area contributed by atoms with Gasteiger partial charge in [-0.2, -0.15) is 5.26 Å². The van der Waals surface area contributed by atoms with E-state index in [2.05, 4.69) is 6.07 Å². The van der Waals surface area contributed by atoms with Crippen molar-refractivity contribution < 1.29 is 23.8 Å². The van der Waals surface area contributed by atoms with Crippen molar-refractivity contribution in [1.29, 1.82) is 5.26 Å². The van der Waals surface area contributed by atoms with E-state index in [0.717, 1.165) is 31.2 Å². The molecule has 1 unspecified atom stereocenters. The van der Waals surface area contributed by atoms with Crippen LogP contribution in [0.4, 0.5) is 4.39 Å². The van der Waals surface area contributed by atoms with Crippen LogP contribution < -0.4 is 0 Å². The zero-order chi connectivity index (χ0) is 22.3. The number of carbonyl (C=O) groups excluding carboxylic acids is 1. The predicted molar refractivity (Wildman–Crippen MR) is 112 cm³/mol. The van der Waals surface area contributed by atoms with Crippen LogP contribution in [-0.4, -0.2) is 22.5 Å². The number of nitriles is 1. The molecule has 3 aliphatic rings. The van der Waals surface area contributed by atoms with E-state index in [1.54, 1.807) is 19.9 Å². The first-order valence-corrected chi connectivity index (χ1v) is 11.2. The Labute approximate surface area is 182 Å². The Bertz CT molecular complexity index is 937. The average molecular weight is 428 g/mol. The minimum Gasteiger partial charge on any atom is -0.457 e. The van der Waals surface area contributed by atoms with Gasteiger partial charge in [-0.3, -0.25) is 0 Å². The van der Waals surface area contributed by atoms with Crippen molar-refractivity contribution >= 4 is 5.97 Å². The number of aliphatic hydroxyl groups is 1. The van der Waals surface area contributed by atoms with Gasteiger partial charge in [-0.1, -0.05) is 25.0 Å². The Kier molecular flexibility index (Phi) is 5.59. The lowest BCUT2D eigenvalue weighted by molar-refractivity contribution is -0.208. The minimum absolute atomic E-state index is 0.107. The zero-order valence-electron chi connectivity index (χ0n) is 18.2. The van der Waals surface area contributed by atoms with Crippen LogP contribution in [0.1, 0.15) is 76.3 Å². The Hall–Kier alpha value is -2.39. The number of rotatable bonds is 7. The maximum atomic E-state index is 14.7. The second kappa shape index (κ2) is 7.94. The number of hydrogen-bond donors (Lipinski definition) is 1. The van der Waals surface area contributed by atoms with Crippen LogP contribution in [-0.2, 0) is 26.1 Å². The third-order valence-corrected chi connectivity index (χ3v) is 6.96. The zero-order valence-corrected chi connectivity index (χ0v) is 18.2. The van der Waals surface area contributed by atoms with Crippen molar-refractivity contribution in [2.75, 3.05) is 0 Å². The predicted octanol–water partition coefficient (Wildman–Crippen LogP) is 4.82. The Morgan fingerprint density at radius 1 is 1.26 bits per heavy atom. The van der Waals surface area contributed by atoms with Crippen LogP contribution in [0.2, 0.25) is 0 Å². The monoisotopic (exact) mass is 427 g/mol. The summed E-state index contributed by atoms with van der Waals surface area (Å²) in [6, 6.07) is 7.32. The first-order valence-electron chi connectivity index (χ1n) is 11.2. The Morgan fingerprint density at radius 2 is 1.97 bits per heavy atom. The molecule has 2 saturated carbocycles. The van der Waals surface area contributed by atoms with E-state index in [4.69, 9.17) is 9.47 Å². The van der Waals surface area contributed by atoms with Gasteiger partial charge in [0.1, 0.15) is 11.6 Å². The molecule has 1 aromatic rings. The van der Waals surface area contributed by atoms with E-state index in [0.29, 0.717) is 37.0 Å². The summed E-state index contributed by atoms with van der Waals surface area (Å²) in [6.07, 6.45) is 7.89. The normalized spacial score (nSPS) is 23.8. The Balaban J connectivity index is 1.50. The second-order valence-corrected chi connectivity index (χ2v) is 9.80. The fourth-order valence-corrected chi connectivity index (χ4v) is 5.09. The number of ether oxygens (including phenoxy) is 2. The summed E-state index contributed by atoms with van der Waals surface area (Å²) in [5.74, 6) is -1.33. The van der Waals surface area contributed by atoms with Crippen molar-refractivity contribution in [3.05, 3.63) is 47.0 Å². The van der Waals surface area contributed by atoms with E-state index >= 15 is 0 Å². The highest BCUT2D eigenvalue weighted by molar-refractivity contribution is 5.83. The second-order valence-electron chi connectivity index (χ2n) is 9.80. The first-order chi connectivity index (χ1) is 14.6. The lowest BCUT2D eigenvalue weighted by Crippen LogP contribution is -2.41. The van der Waals surface area contributed by atoms with Gasteiger partial charge in [0.25, 0.3) is 0 Å². The first kappa shape index (κ1) is 21.8. The lowest BCUT2D eigenvalue weighted by atomic mass is 9.78. The van der Waals surface area contributed by atoms with E-state index in [1.807, 2.05) is 6.07 Å². The summed E-state index contributed by atoms with van der Waals surface area (Å²) in [6.45, 7) is 3.34. The molecule has 2 fully saturated rings. The largest absolute Gasteiger partial charge is 0.457 e. The number of esters is 1. The SMILES string of the molecule is CC1(C)OC(=O)C=C(CC(O)(CCc2ccc(C3(C#N)CC3)c(F)c2)C2CCCC2)O1. The summed E-state index contributed by atoms with van der Waals surface area (Å²) < 4.78 is 25.7. The number of benzene rings is 1. The summed E-state index contributed by atoms with van der Waals surface area (Å²) in [5, 5.41) is 21.0. The van der Waals surface area contributed by atoms with Crippen LogP contribution >= 0.6 is 0 Å². The van der Waals surface area contributed by atoms with Crippen LogP contribution in [0.5, 0.6) is 0 Å². The molecular weight excluding hydrogens is 397 g/mol.